The molecule has 1 heterocycles. The molecule has 2 rings (SSSR count). The van der Waals surface area contributed by atoms with E-state index >= 15 is 0 Å². The van der Waals surface area contributed by atoms with E-state index in [9.17, 15) is 4.79 Å². The van der Waals surface area contributed by atoms with E-state index in [-0.39, 0.29) is 5.91 Å². The number of hydrogen-bond acceptors (Lipinski definition) is 2. The van der Waals surface area contributed by atoms with Crippen molar-refractivity contribution in [2.24, 2.45) is 0 Å². The van der Waals surface area contributed by atoms with Gasteiger partial charge < -0.3 is 5.32 Å². The van der Waals surface area contributed by atoms with Crippen molar-refractivity contribution in [1.29, 1.82) is 0 Å². The van der Waals surface area contributed by atoms with Gasteiger partial charge in [0, 0.05) is 6.42 Å². The van der Waals surface area contributed by atoms with Crippen molar-refractivity contribution in [3.63, 3.8) is 0 Å². The Morgan fingerprint density at radius 3 is 2.61 bits per heavy atom. The first-order valence-electron chi connectivity index (χ1n) is 5.69. The topological polar surface area (TPSA) is 42.0 Å². The second kappa shape index (κ2) is 6.17. The SMILES string of the molecule is O=C(CCc1ccccc1)Nc1ccc(Cl)nc1. The van der Waals surface area contributed by atoms with Crippen LogP contribution in [0.3, 0.4) is 0 Å². The molecule has 1 aromatic carbocycles. The monoisotopic (exact) mass is 260 g/mol. The zero-order chi connectivity index (χ0) is 12.8. The van der Waals surface area contributed by atoms with E-state index < -0.39 is 0 Å². The molecule has 18 heavy (non-hydrogen) atoms. The van der Waals surface area contributed by atoms with Crippen LogP contribution >= 0.6 is 11.6 Å². The normalized spacial score (nSPS) is 10.1. The fourth-order valence-electron chi connectivity index (χ4n) is 1.58. The summed E-state index contributed by atoms with van der Waals surface area (Å²) in [6.07, 6.45) is 2.73. The van der Waals surface area contributed by atoms with Crippen molar-refractivity contribution in [3.8, 4) is 0 Å². The van der Waals surface area contributed by atoms with Crippen LogP contribution in [0.25, 0.3) is 0 Å². The molecule has 0 bridgehead atoms. The molecule has 0 radical (unpaired) electrons. The molecule has 0 fully saturated rings. The fourth-order valence-corrected chi connectivity index (χ4v) is 1.69. The minimum Gasteiger partial charge on any atom is -0.325 e. The Balaban J connectivity index is 1.84. The van der Waals surface area contributed by atoms with Crippen LogP contribution in [0, 0.1) is 0 Å². The third kappa shape index (κ3) is 3.86. The molecule has 1 N–H and O–H groups in total. The van der Waals surface area contributed by atoms with Gasteiger partial charge in [0.05, 0.1) is 11.9 Å². The van der Waals surface area contributed by atoms with Crippen LogP contribution in [-0.2, 0) is 11.2 Å². The summed E-state index contributed by atoms with van der Waals surface area (Å²) in [5.41, 5.74) is 1.82. The lowest BCUT2D eigenvalue weighted by molar-refractivity contribution is -0.116. The summed E-state index contributed by atoms with van der Waals surface area (Å²) in [5.74, 6) is -0.0250. The van der Waals surface area contributed by atoms with Crippen molar-refractivity contribution < 1.29 is 4.79 Å². The number of halogens is 1. The highest BCUT2D eigenvalue weighted by molar-refractivity contribution is 6.29. The van der Waals surface area contributed by atoms with Gasteiger partial charge >= 0.3 is 0 Å². The van der Waals surface area contributed by atoms with E-state index in [4.69, 9.17) is 11.6 Å². The Morgan fingerprint density at radius 1 is 1.17 bits per heavy atom. The molecule has 0 unspecified atom stereocenters. The first-order chi connectivity index (χ1) is 8.74. The van der Waals surface area contributed by atoms with Gasteiger partial charge in [-0.25, -0.2) is 4.98 Å². The van der Waals surface area contributed by atoms with E-state index in [0.29, 0.717) is 17.3 Å². The van der Waals surface area contributed by atoms with Gasteiger partial charge in [0.15, 0.2) is 0 Å². The number of aryl methyl sites for hydroxylation is 1. The smallest absolute Gasteiger partial charge is 0.224 e. The standard InChI is InChI=1S/C14H13ClN2O/c15-13-8-7-12(10-16-13)17-14(18)9-6-11-4-2-1-3-5-11/h1-5,7-8,10H,6,9H2,(H,17,18). The van der Waals surface area contributed by atoms with Gasteiger partial charge in [-0.2, -0.15) is 0 Å². The van der Waals surface area contributed by atoms with Crippen molar-refractivity contribution in [3.05, 3.63) is 59.4 Å². The van der Waals surface area contributed by atoms with Crippen LogP contribution in [0.4, 0.5) is 5.69 Å². The molecule has 1 amide bonds. The van der Waals surface area contributed by atoms with Gasteiger partial charge in [-0.3, -0.25) is 4.79 Å². The molecular weight excluding hydrogens is 248 g/mol. The number of carbonyl (C=O) groups is 1. The predicted molar refractivity (Wildman–Crippen MR) is 72.6 cm³/mol. The molecule has 2 aromatic rings. The maximum Gasteiger partial charge on any atom is 0.224 e. The van der Waals surface area contributed by atoms with Gasteiger partial charge in [0.25, 0.3) is 0 Å². The molecule has 3 nitrogen and oxygen atoms in total. The summed E-state index contributed by atoms with van der Waals surface area (Å²) < 4.78 is 0. The fraction of sp³-hybridized carbons (Fsp3) is 0.143. The Hall–Kier alpha value is -1.87. The molecule has 92 valence electrons. The number of carbonyl (C=O) groups excluding carboxylic acids is 1. The summed E-state index contributed by atoms with van der Waals surface area (Å²) in [6, 6.07) is 13.3. The van der Waals surface area contributed by atoms with Crippen molar-refractivity contribution in [2.45, 2.75) is 12.8 Å². The number of amides is 1. The van der Waals surface area contributed by atoms with Crippen molar-refractivity contribution in [2.75, 3.05) is 5.32 Å². The maximum absolute atomic E-state index is 11.7. The molecule has 1 aromatic heterocycles. The third-order valence-corrected chi connectivity index (χ3v) is 2.72. The van der Waals surface area contributed by atoms with Crippen LogP contribution < -0.4 is 5.32 Å². The van der Waals surface area contributed by atoms with Crippen LogP contribution in [0.1, 0.15) is 12.0 Å². The first-order valence-corrected chi connectivity index (χ1v) is 6.07. The average Bonchev–Trinajstić information content (AvgIpc) is 2.40. The van der Waals surface area contributed by atoms with Crippen molar-refractivity contribution in [1.82, 2.24) is 4.98 Å². The summed E-state index contributed by atoms with van der Waals surface area (Å²) in [7, 11) is 0. The molecule has 4 heteroatoms. The molecule has 0 saturated carbocycles. The molecular formula is C14H13ClN2O. The molecule has 0 spiro atoms. The second-order valence-electron chi connectivity index (χ2n) is 3.90. The maximum atomic E-state index is 11.7. The second-order valence-corrected chi connectivity index (χ2v) is 4.29. The lowest BCUT2D eigenvalue weighted by Crippen LogP contribution is -2.12. The summed E-state index contributed by atoms with van der Waals surface area (Å²) in [4.78, 5) is 15.6. The van der Waals surface area contributed by atoms with Gasteiger partial charge in [0.1, 0.15) is 5.15 Å². The summed E-state index contributed by atoms with van der Waals surface area (Å²) in [5, 5.41) is 3.19. The minimum atomic E-state index is -0.0250. The predicted octanol–water partition coefficient (Wildman–Crippen LogP) is 3.31. The summed E-state index contributed by atoms with van der Waals surface area (Å²) in [6.45, 7) is 0. The largest absolute Gasteiger partial charge is 0.325 e. The van der Waals surface area contributed by atoms with Gasteiger partial charge in [-0.15, -0.1) is 0 Å². The van der Waals surface area contributed by atoms with E-state index in [0.717, 1.165) is 12.0 Å². The van der Waals surface area contributed by atoms with Gasteiger partial charge in [-0.05, 0) is 24.1 Å². The van der Waals surface area contributed by atoms with Crippen LogP contribution in [-0.4, -0.2) is 10.9 Å². The number of nitrogens with one attached hydrogen (secondary N) is 1. The first kappa shape index (κ1) is 12.6. The molecule has 0 atom stereocenters. The number of rotatable bonds is 4. The van der Waals surface area contributed by atoms with Crippen LogP contribution in [0.2, 0.25) is 5.15 Å². The molecule has 0 aliphatic rings. The Bertz CT molecular complexity index is 511. The molecule has 0 aliphatic carbocycles. The number of benzene rings is 1. The van der Waals surface area contributed by atoms with E-state index in [1.54, 1.807) is 18.3 Å². The van der Waals surface area contributed by atoms with E-state index in [2.05, 4.69) is 10.3 Å². The van der Waals surface area contributed by atoms with Gasteiger partial charge in [-0.1, -0.05) is 41.9 Å². The zero-order valence-electron chi connectivity index (χ0n) is 9.77. The summed E-state index contributed by atoms with van der Waals surface area (Å²) >= 11 is 5.67. The minimum absolute atomic E-state index is 0.0250. The zero-order valence-corrected chi connectivity index (χ0v) is 10.5. The third-order valence-electron chi connectivity index (χ3n) is 2.49. The lowest BCUT2D eigenvalue weighted by Gasteiger charge is -2.04. The van der Waals surface area contributed by atoms with E-state index in [1.165, 1.54) is 0 Å². The number of aromatic nitrogens is 1. The van der Waals surface area contributed by atoms with E-state index in [1.807, 2.05) is 30.3 Å². The highest BCUT2D eigenvalue weighted by atomic mass is 35.5. The number of nitrogens with zero attached hydrogens (tertiary/aromatic N) is 1. The number of pyridine rings is 1. The Labute approximate surface area is 111 Å². The number of hydrogen-bond donors (Lipinski definition) is 1. The van der Waals surface area contributed by atoms with Crippen LogP contribution in [0.5, 0.6) is 0 Å². The van der Waals surface area contributed by atoms with Crippen molar-refractivity contribution >= 4 is 23.2 Å². The Kier molecular flexibility index (Phi) is 4.31. The highest BCUT2D eigenvalue weighted by Gasteiger charge is 2.03. The molecule has 0 saturated heterocycles. The van der Waals surface area contributed by atoms with Crippen LogP contribution in [0.15, 0.2) is 48.7 Å². The number of anilines is 1. The lowest BCUT2D eigenvalue weighted by atomic mass is 10.1. The van der Waals surface area contributed by atoms with Gasteiger partial charge in [0.2, 0.25) is 5.91 Å². The Morgan fingerprint density at radius 2 is 1.94 bits per heavy atom. The quantitative estimate of drug-likeness (QED) is 0.857. The molecule has 0 aliphatic heterocycles. The highest BCUT2D eigenvalue weighted by Crippen LogP contribution is 2.10. The average molecular weight is 261 g/mol.